The molecule has 2 atom stereocenters. The number of amides is 3. The molecule has 7 heteroatoms. The van der Waals surface area contributed by atoms with Gasteiger partial charge in [0.25, 0.3) is 5.91 Å². The van der Waals surface area contributed by atoms with Crippen LogP contribution in [-0.4, -0.2) is 18.0 Å². The van der Waals surface area contributed by atoms with E-state index in [0.29, 0.717) is 5.75 Å². The summed E-state index contributed by atoms with van der Waals surface area (Å²) in [5, 5.41) is 1.96. The number of halogens is 1. The minimum atomic E-state index is -0.913. The first-order valence-corrected chi connectivity index (χ1v) is 6.42. The summed E-state index contributed by atoms with van der Waals surface area (Å²) in [7, 11) is 0. The summed E-state index contributed by atoms with van der Waals surface area (Å²) in [6, 6.07) is 4.14. The zero-order chi connectivity index (χ0) is 14.6. The number of primary amides is 1. The number of hydrogen-bond acceptors (Lipinski definition) is 4. The molecule has 3 amide bonds. The van der Waals surface area contributed by atoms with Crippen LogP contribution < -0.4 is 21.5 Å². The topological polar surface area (TPSA) is 107 Å². The van der Waals surface area contributed by atoms with E-state index < -0.39 is 18.0 Å². The van der Waals surface area contributed by atoms with Gasteiger partial charge in [-0.15, -0.1) is 0 Å². The Labute approximate surface area is 119 Å². The highest BCUT2D eigenvalue weighted by Gasteiger charge is 2.18. The van der Waals surface area contributed by atoms with Gasteiger partial charge in [0.2, 0.25) is 0 Å². The van der Waals surface area contributed by atoms with E-state index in [1.165, 1.54) is 6.92 Å². The van der Waals surface area contributed by atoms with Gasteiger partial charge in [-0.2, -0.15) is 0 Å². The number of imide groups is 1. The van der Waals surface area contributed by atoms with Gasteiger partial charge in [-0.05, 0) is 32.0 Å². The molecule has 0 aliphatic rings. The molecule has 0 aliphatic heterocycles. The standard InChI is InChI=1S/C12H16BrN3O3/c1-6(14)9-5-8(13)3-4-10(9)19-7(2)11(17)16-12(15)18/h3-7H,14H2,1-2H3,(H3,15,16,17,18). The van der Waals surface area contributed by atoms with Crippen molar-refractivity contribution < 1.29 is 14.3 Å². The average molecular weight is 330 g/mol. The third-order valence-electron chi connectivity index (χ3n) is 2.38. The van der Waals surface area contributed by atoms with Crippen LogP contribution in [0.25, 0.3) is 0 Å². The Morgan fingerprint density at radius 2 is 2.00 bits per heavy atom. The van der Waals surface area contributed by atoms with Crippen LogP contribution in [-0.2, 0) is 4.79 Å². The lowest BCUT2D eigenvalue weighted by atomic mass is 10.1. The van der Waals surface area contributed by atoms with E-state index in [1.807, 2.05) is 18.3 Å². The lowest BCUT2D eigenvalue weighted by Gasteiger charge is -2.18. The Bertz CT molecular complexity index is 491. The van der Waals surface area contributed by atoms with E-state index in [4.69, 9.17) is 16.2 Å². The summed E-state index contributed by atoms with van der Waals surface area (Å²) in [6.45, 7) is 3.33. The molecule has 19 heavy (non-hydrogen) atoms. The second-order valence-electron chi connectivity index (χ2n) is 4.08. The van der Waals surface area contributed by atoms with Crippen LogP contribution in [0.15, 0.2) is 22.7 Å². The molecule has 2 unspecified atom stereocenters. The Morgan fingerprint density at radius 3 is 2.53 bits per heavy atom. The van der Waals surface area contributed by atoms with Gasteiger partial charge in [-0.3, -0.25) is 10.1 Å². The van der Waals surface area contributed by atoms with E-state index >= 15 is 0 Å². The van der Waals surface area contributed by atoms with E-state index in [0.717, 1.165) is 10.0 Å². The van der Waals surface area contributed by atoms with Crippen LogP contribution in [0.2, 0.25) is 0 Å². The Hall–Kier alpha value is -1.60. The number of nitrogens with two attached hydrogens (primary N) is 2. The molecule has 6 nitrogen and oxygen atoms in total. The molecular weight excluding hydrogens is 314 g/mol. The van der Waals surface area contributed by atoms with Gasteiger partial charge in [-0.25, -0.2) is 4.79 Å². The fourth-order valence-electron chi connectivity index (χ4n) is 1.45. The highest BCUT2D eigenvalue weighted by atomic mass is 79.9. The molecule has 0 saturated heterocycles. The molecule has 1 rings (SSSR count). The first kappa shape index (κ1) is 15.5. The van der Waals surface area contributed by atoms with Crippen molar-refractivity contribution in [2.75, 3.05) is 0 Å². The Morgan fingerprint density at radius 1 is 1.37 bits per heavy atom. The summed E-state index contributed by atoms with van der Waals surface area (Å²) >= 11 is 3.34. The number of hydrogen-bond donors (Lipinski definition) is 3. The Kier molecular flexibility index (Phi) is 5.31. The van der Waals surface area contributed by atoms with Crippen LogP contribution in [0.1, 0.15) is 25.5 Å². The van der Waals surface area contributed by atoms with Gasteiger partial charge >= 0.3 is 6.03 Å². The van der Waals surface area contributed by atoms with Crippen molar-refractivity contribution in [3.63, 3.8) is 0 Å². The van der Waals surface area contributed by atoms with Crippen LogP contribution in [0.4, 0.5) is 4.79 Å². The van der Waals surface area contributed by atoms with E-state index in [-0.39, 0.29) is 6.04 Å². The van der Waals surface area contributed by atoms with E-state index in [2.05, 4.69) is 15.9 Å². The fourth-order valence-corrected chi connectivity index (χ4v) is 1.83. The van der Waals surface area contributed by atoms with Crippen LogP contribution in [0.5, 0.6) is 5.75 Å². The second kappa shape index (κ2) is 6.53. The van der Waals surface area contributed by atoms with E-state index in [9.17, 15) is 9.59 Å². The summed E-state index contributed by atoms with van der Waals surface area (Å²) in [5.74, 6) is -0.114. The molecule has 5 N–H and O–H groups in total. The zero-order valence-electron chi connectivity index (χ0n) is 10.6. The maximum atomic E-state index is 11.5. The lowest BCUT2D eigenvalue weighted by molar-refractivity contribution is -0.126. The number of rotatable bonds is 4. The monoisotopic (exact) mass is 329 g/mol. The molecule has 1 aromatic rings. The largest absolute Gasteiger partial charge is 0.481 e. The van der Waals surface area contributed by atoms with Crippen LogP contribution in [0, 0.1) is 0 Å². The summed E-state index contributed by atoms with van der Waals surface area (Å²) in [6.07, 6.45) is -0.855. The van der Waals surface area contributed by atoms with Crippen molar-refractivity contribution in [3.8, 4) is 5.75 Å². The zero-order valence-corrected chi connectivity index (χ0v) is 12.2. The predicted molar refractivity (Wildman–Crippen MR) is 74.6 cm³/mol. The van der Waals surface area contributed by atoms with Gasteiger partial charge in [0.15, 0.2) is 6.10 Å². The summed E-state index contributed by atoms with van der Waals surface area (Å²) < 4.78 is 6.37. The number of carbonyl (C=O) groups excluding carboxylic acids is 2. The van der Waals surface area contributed by atoms with Crippen molar-refractivity contribution in [1.82, 2.24) is 5.32 Å². The smallest absolute Gasteiger partial charge is 0.318 e. The molecule has 0 fully saturated rings. The first-order valence-electron chi connectivity index (χ1n) is 5.63. The third kappa shape index (κ3) is 4.53. The van der Waals surface area contributed by atoms with Gasteiger partial charge in [0, 0.05) is 16.1 Å². The number of benzene rings is 1. The minimum Gasteiger partial charge on any atom is -0.481 e. The summed E-state index contributed by atoms with van der Waals surface area (Å²) in [4.78, 5) is 22.1. The Balaban J connectivity index is 2.87. The number of urea groups is 1. The predicted octanol–water partition coefficient (Wildman–Crippen LogP) is 1.43. The van der Waals surface area contributed by atoms with E-state index in [1.54, 1.807) is 12.1 Å². The molecule has 104 valence electrons. The number of nitrogens with one attached hydrogen (secondary N) is 1. The van der Waals surface area contributed by atoms with Crippen LogP contribution in [0.3, 0.4) is 0 Å². The molecule has 1 aromatic carbocycles. The average Bonchev–Trinajstić information content (AvgIpc) is 2.30. The maximum Gasteiger partial charge on any atom is 0.318 e. The normalized spacial score (nSPS) is 13.5. The van der Waals surface area contributed by atoms with Crippen molar-refractivity contribution in [2.45, 2.75) is 26.0 Å². The van der Waals surface area contributed by atoms with Crippen molar-refractivity contribution in [1.29, 1.82) is 0 Å². The molecule has 0 aliphatic carbocycles. The minimum absolute atomic E-state index is 0.251. The summed E-state index contributed by atoms with van der Waals surface area (Å²) in [5.41, 5.74) is 11.5. The lowest BCUT2D eigenvalue weighted by Crippen LogP contribution is -2.42. The quantitative estimate of drug-likeness (QED) is 0.776. The molecule has 0 aromatic heterocycles. The molecule has 0 spiro atoms. The number of carbonyl (C=O) groups is 2. The molecule has 0 heterocycles. The SMILES string of the molecule is CC(Oc1ccc(Br)cc1C(C)N)C(=O)NC(N)=O. The van der Waals surface area contributed by atoms with Gasteiger partial charge in [-0.1, -0.05) is 15.9 Å². The van der Waals surface area contributed by atoms with Gasteiger partial charge in [0.1, 0.15) is 5.75 Å². The molecule has 0 saturated carbocycles. The number of ether oxygens (including phenoxy) is 1. The maximum absolute atomic E-state index is 11.5. The molecule has 0 bridgehead atoms. The van der Waals surface area contributed by atoms with Crippen molar-refractivity contribution >= 4 is 27.9 Å². The fraction of sp³-hybridized carbons (Fsp3) is 0.333. The van der Waals surface area contributed by atoms with Crippen molar-refractivity contribution in [3.05, 3.63) is 28.2 Å². The second-order valence-corrected chi connectivity index (χ2v) is 5.00. The van der Waals surface area contributed by atoms with Gasteiger partial charge in [0.05, 0.1) is 0 Å². The third-order valence-corrected chi connectivity index (χ3v) is 2.88. The van der Waals surface area contributed by atoms with Crippen molar-refractivity contribution in [2.24, 2.45) is 11.5 Å². The molecule has 0 radical (unpaired) electrons. The first-order chi connectivity index (χ1) is 8.81. The highest BCUT2D eigenvalue weighted by Crippen LogP contribution is 2.28. The highest BCUT2D eigenvalue weighted by molar-refractivity contribution is 9.10. The molecular formula is C12H16BrN3O3. The van der Waals surface area contributed by atoms with Crippen LogP contribution >= 0.6 is 15.9 Å². The van der Waals surface area contributed by atoms with Gasteiger partial charge < -0.3 is 16.2 Å².